The van der Waals surface area contributed by atoms with Gasteiger partial charge in [0.05, 0.1) is 11.3 Å². The van der Waals surface area contributed by atoms with Crippen LogP contribution in [0.2, 0.25) is 0 Å². The zero-order valence-electron chi connectivity index (χ0n) is 10.9. The second-order valence-electron chi connectivity index (χ2n) is 5.16. The number of nitrogens with one attached hydrogen (secondary N) is 1. The molecule has 2 atom stereocenters. The van der Waals surface area contributed by atoms with Crippen molar-refractivity contribution < 1.29 is 0 Å². The van der Waals surface area contributed by atoms with E-state index in [4.69, 9.17) is 5.73 Å². The summed E-state index contributed by atoms with van der Waals surface area (Å²) >= 11 is 0. The first kappa shape index (κ1) is 12.9. The van der Waals surface area contributed by atoms with Crippen molar-refractivity contribution in [2.45, 2.75) is 51.1 Å². The van der Waals surface area contributed by atoms with Gasteiger partial charge in [-0.3, -0.25) is 0 Å². The summed E-state index contributed by atoms with van der Waals surface area (Å²) in [5.74, 6) is 0. The number of nitrogens with two attached hydrogens (primary N) is 1. The third kappa shape index (κ3) is 2.83. The van der Waals surface area contributed by atoms with Crippen molar-refractivity contribution in [2.75, 3.05) is 5.32 Å². The number of hydrogen-bond acceptors (Lipinski definition) is 3. The number of rotatable bonds is 2. The summed E-state index contributed by atoms with van der Waals surface area (Å²) in [4.78, 5) is 0. The second kappa shape index (κ2) is 5.88. The Balaban J connectivity index is 2.20. The number of hydrogen-bond donors (Lipinski definition) is 2. The van der Waals surface area contributed by atoms with Crippen LogP contribution in [0.15, 0.2) is 18.2 Å². The fourth-order valence-corrected chi connectivity index (χ4v) is 2.65. The molecule has 1 aliphatic rings. The summed E-state index contributed by atoms with van der Waals surface area (Å²) in [7, 11) is 0. The Morgan fingerprint density at radius 1 is 1.28 bits per heavy atom. The second-order valence-corrected chi connectivity index (χ2v) is 5.16. The van der Waals surface area contributed by atoms with Crippen molar-refractivity contribution >= 4 is 5.69 Å². The first-order valence-corrected chi connectivity index (χ1v) is 6.74. The first-order chi connectivity index (χ1) is 8.72. The molecule has 3 heteroatoms. The number of nitriles is 1. The van der Waals surface area contributed by atoms with Gasteiger partial charge < -0.3 is 11.1 Å². The minimum absolute atomic E-state index is 0.193. The molecule has 1 aliphatic carbocycles. The summed E-state index contributed by atoms with van der Waals surface area (Å²) in [6, 6.07) is 8.55. The standard InChI is InChI=1S/C15H21N3/c1-11-6-5-7-12(10-16)15(11)18-14-9-4-2-3-8-13(14)17/h5-7,13-14,18H,2-4,8-9,17H2,1H3. The maximum Gasteiger partial charge on any atom is 0.101 e. The van der Waals surface area contributed by atoms with Crippen LogP contribution >= 0.6 is 0 Å². The SMILES string of the molecule is Cc1cccc(C#N)c1NC1CCCCCC1N. The Hall–Kier alpha value is -1.53. The normalized spacial score (nSPS) is 24.1. The molecule has 0 spiro atoms. The van der Waals surface area contributed by atoms with E-state index in [2.05, 4.69) is 11.4 Å². The molecule has 1 aromatic carbocycles. The van der Waals surface area contributed by atoms with E-state index in [9.17, 15) is 5.26 Å². The van der Waals surface area contributed by atoms with Crippen LogP contribution in [0.25, 0.3) is 0 Å². The quantitative estimate of drug-likeness (QED) is 0.785. The van der Waals surface area contributed by atoms with E-state index in [1.807, 2.05) is 25.1 Å². The van der Waals surface area contributed by atoms with Gasteiger partial charge in [-0.1, -0.05) is 31.4 Å². The number of aryl methyl sites for hydroxylation is 1. The Morgan fingerprint density at radius 2 is 2.06 bits per heavy atom. The lowest BCUT2D eigenvalue weighted by atomic mass is 10.0. The minimum atomic E-state index is 0.193. The van der Waals surface area contributed by atoms with Gasteiger partial charge in [0.1, 0.15) is 6.07 Å². The van der Waals surface area contributed by atoms with Crippen molar-refractivity contribution in [1.29, 1.82) is 5.26 Å². The van der Waals surface area contributed by atoms with Gasteiger partial charge in [-0.25, -0.2) is 0 Å². The molecule has 0 amide bonds. The van der Waals surface area contributed by atoms with Gasteiger partial charge >= 0.3 is 0 Å². The van der Waals surface area contributed by atoms with Crippen molar-refractivity contribution in [3.8, 4) is 6.07 Å². The van der Waals surface area contributed by atoms with Crippen LogP contribution < -0.4 is 11.1 Å². The van der Waals surface area contributed by atoms with Crippen LogP contribution in [0.3, 0.4) is 0 Å². The van der Waals surface area contributed by atoms with E-state index in [0.29, 0.717) is 11.6 Å². The Kier molecular flexibility index (Phi) is 4.22. The molecule has 1 aromatic rings. The number of nitrogens with zero attached hydrogens (tertiary/aromatic N) is 1. The van der Waals surface area contributed by atoms with Crippen LogP contribution in [-0.4, -0.2) is 12.1 Å². The van der Waals surface area contributed by atoms with Crippen molar-refractivity contribution in [1.82, 2.24) is 0 Å². The van der Waals surface area contributed by atoms with Gasteiger partial charge in [-0.05, 0) is 31.4 Å². The summed E-state index contributed by atoms with van der Waals surface area (Å²) in [5, 5.41) is 12.7. The number of anilines is 1. The highest BCUT2D eigenvalue weighted by atomic mass is 15.0. The molecule has 18 heavy (non-hydrogen) atoms. The monoisotopic (exact) mass is 243 g/mol. The summed E-state index contributed by atoms with van der Waals surface area (Å²) in [6.45, 7) is 2.03. The largest absolute Gasteiger partial charge is 0.379 e. The van der Waals surface area contributed by atoms with Gasteiger partial charge in [0, 0.05) is 12.1 Å². The average Bonchev–Trinajstić information content (AvgIpc) is 2.57. The van der Waals surface area contributed by atoms with Gasteiger partial charge in [-0.2, -0.15) is 5.26 Å². The Labute approximate surface area is 109 Å². The van der Waals surface area contributed by atoms with E-state index in [1.165, 1.54) is 19.3 Å². The van der Waals surface area contributed by atoms with E-state index in [-0.39, 0.29) is 6.04 Å². The van der Waals surface area contributed by atoms with E-state index in [1.54, 1.807) is 0 Å². The van der Waals surface area contributed by atoms with Crippen LogP contribution in [0.1, 0.15) is 43.2 Å². The highest BCUT2D eigenvalue weighted by Gasteiger charge is 2.21. The fraction of sp³-hybridized carbons (Fsp3) is 0.533. The molecule has 96 valence electrons. The lowest BCUT2D eigenvalue weighted by Crippen LogP contribution is -2.39. The third-order valence-electron chi connectivity index (χ3n) is 3.79. The topological polar surface area (TPSA) is 61.8 Å². The molecule has 0 aliphatic heterocycles. The Morgan fingerprint density at radius 3 is 2.83 bits per heavy atom. The predicted molar refractivity (Wildman–Crippen MR) is 74.4 cm³/mol. The number of benzene rings is 1. The van der Waals surface area contributed by atoms with Gasteiger partial charge in [0.2, 0.25) is 0 Å². The molecular weight excluding hydrogens is 222 g/mol. The lowest BCUT2D eigenvalue weighted by Gasteiger charge is -2.25. The smallest absolute Gasteiger partial charge is 0.101 e. The maximum atomic E-state index is 9.17. The van der Waals surface area contributed by atoms with Crippen molar-refractivity contribution in [2.24, 2.45) is 5.73 Å². The van der Waals surface area contributed by atoms with E-state index in [0.717, 1.165) is 24.1 Å². The van der Waals surface area contributed by atoms with Gasteiger partial charge in [-0.15, -0.1) is 0 Å². The molecule has 3 N–H and O–H groups in total. The van der Waals surface area contributed by atoms with Gasteiger partial charge in [0.15, 0.2) is 0 Å². The molecule has 0 bridgehead atoms. The van der Waals surface area contributed by atoms with Gasteiger partial charge in [0.25, 0.3) is 0 Å². The molecule has 0 radical (unpaired) electrons. The fourth-order valence-electron chi connectivity index (χ4n) is 2.65. The zero-order chi connectivity index (χ0) is 13.0. The molecule has 0 heterocycles. The zero-order valence-corrected chi connectivity index (χ0v) is 10.9. The molecule has 0 saturated heterocycles. The molecule has 3 nitrogen and oxygen atoms in total. The molecule has 0 aromatic heterocycles. The van der Waals surface area contributed by atoms with E-state index < -0.39 is 0 Å². The predicted octanol–water partition coefficient (Wildman–Crippen LogP) is 2.94. The van der Waals surface area contributed by atoms with Crippen molar-refractivity contribution in [3.05, 3.63) is 29.3 Å². The molecule has 1 fully saturated rings. The lowest BCUT2D eigenvalue weighted by molar-refractivity contribution is 0.528. The number of para-hydroxylation sites is 1. The molecule has 2 rings (SSSR count). The van der Waals surface area contributed by atoms with Crippen molar-refractivity contribution in [3.63, 3.8) is 0 Å². The van der Waals surface area contributed by atoms with E-state index >= 15 is 0 Å². The Bertz CT molecular complexity index is 448. The highest BCUT2D eigenvalue weighted by molar-refractivity contribution is 5.62. The summed E-state index contributed by atoms with van der Waals surface area (Å²) in [5.41, 5.74) is 9.01. The minimum Gasteiger partial charge on any atom is -0.379 e. The first-order valence-electron chi connectivity index (χ1n) is 6.74. The summed E-state index contributed by atoms with van der Waals surface area (Å²) in [6.07, 6.45) is 5.88. The van der Waals surface area contributed by atoms with Crippen LogP contribution in [0, 0.1) is 18.3 Å². The van der Waals surface area contributed by atoms with Crippen LogP contribution in [0.5, 0.6) is 0 Å². The summed E-state index contributed by atoms with van der Waals surface area (Å²) < 4.78 is 0. The maximum absolute atomic E-state index is 9.17. The average molecular weight is 243 g/mol. The molecular formula is C15H21N3. The highest BCUT2D eigenvalue weighted by Crippen LogP contribution is 2.25. The van der Waals surface area contributed by atoms with Crippen LogP contribution in [0.4, 0.5) is 5.69 Å². The molecule has 2 unspecified atom stereocenters. The third-order valence-corrected chi connectivity index (χ3v) is 3.79. The molecule has 1 saturated carbocycles. The van der Waals surface area contributed by atoms with Crippen LogP contribution in [-0.2, 0) is 0 Å².